The second kappa shape index (κ2) is 6.61. The number of amides is 1. The Morgan fingerprint density at radius 2 is 2.35 bits per heavy atom. The van der Waals surface area contributed by atoms with Crippen LogP contribution in [0.5, 0.6) is 5.75 Å². The monoisotopic (exact) mass is 277 g/mol. The van der Waals surface area contributed by atoms with E-state index in [9.17, 15) is 4.79 Å². The Morgan fingerprint density at radius 1 is 1.55 bits per heavy atom. The van der Waals surface area contributed by atoms with Crippen molar-refractivity contribution in [2.75, 3.05) is 39.5 Å². The second-order valence-electron chi connectivity index (χ2n) is 5.41. The molecule has 0 radical (unpaired) electrons. The number of nitrogens with two attached hydrogens (primary N) is 1. The van der Waals surface area contributed by atoms with Gasteiger partial charge in [-0.1, -0.05) is 6.07 Å². The summed E-state index contributed by atoms with van der Waals surface area (Å²) in [4.78, 5) is 14.6. The number of nitrogens with zero attached hydrogens (tertiary/aromatic N) is 1. The summed E-state index contributed by atoms with van der Waals surface area (Å²) in [5.74, 6) is 0.866. The number of nitrogen functional groups attached to an aromatic ring is 1. The molecular formula is C15H23N3O2. The van der Waals surface area contributed by atoms with Gasteiger partial charge < -0.3 is 20.7 Å². The Hall–Kier alpha value is -1.75. The van der Waals surface area contributed by atoms with E-state index in [1.807, 2.05) is 0 Å². The largest absolute Gasteiger partial charge is 0.496 e. The third-order valence-electron chi connectivity index (χ3n) is 3.78. The molecule has 1 aromatic carbocycles. The van der Waals surface area contributed by atoms with Crippen LogP contribution < -0.4 is 15.8 Å². The zero-order valence-electron chi connectivity index (χ0n) is 12.2. The van der Waals surface area contributed by atoms with Crippen LogP contribution in [0.15, 0.2) is 18.2 Å². The van der Waals surface area contributed by atoms with Crippen molar-refractivity contribution in [3.63, 3.8) is 0 Å². The van der Waals surface area contributed by atoms with Gasteiger partial charge in [-0.15, -0.1) is 0 Å². The van der Waals surface area contributed by atoms with Gasteiger partial charge in [0.2, 0.25) is 0 Å². The number of carbonyl (C=O) groups is 1. The van der Waals surface area contributed by atoms with Crippen LogP contribution in [0.3, 0.4) is 0 Å². The van der Waals surface area contributed by atoms with Gasteiger partial charge in [-0.2, -0.15) is 0 Å². The van der Waals surface area contributed by atoms with Gasteiger partial charge in [0, 0.05) is 18.8 Å². The lowest BCUT2D eigenvalue weighted by Crippen LogP contribution is -2.39. The number of nitrogens with one attached hydrogen (secondary N) is 1. The molecule has 1 aromatic rings. The predicted octanol–water partition coefficient (Wildman–Crippen LogP) is 1.35. The zero-order chi connectivity index (χ0) is 14.5. The van der Waals surface area contributed by atoms with E-state index < -0.39 is 0 Å². The van der Waals surface area contributed by atoms with Crippen LogP contribution in [0.25, 0.3) is 0 Å². The summed E-state index contributed by atoms with van der Waals surface area (Å²) in [7, 11) is 3.66. The van der Waals surface area contributed by atoms with E-state index in [2.05, 4.69) is 17.3 Å². The quantitative estimate of drug-likeness (QED) is 0.815. The fourth-order valence-corrected chi connectivity index (χ4v) is 2.73. The van der Waals surface area contributed by atoms with Gasteiger partial charge in [0.05, 0.1) is 7.11 Å². The fourth-order valence-electron chi connectivity index (χ4n) is 2.73. The number of anilines is 1. The highest BCUT2D eigenvalue weighted by Crippen LogP contribution is 2.24. The molecule has 2 rings (SSSR count). The molecule has 110 valence electrons. The average molecular weight is 277 g/mol. The summed E-state index contributed by atoms with van der Waals surface area (Å²) in [6, 6.07) is 5.24. The van der Waals surface area contributed by atoms with E-state index >= 15 is 0 Å². The van der Waals surface area contributed by atoms with Gasteiger partial charge in [-0.3, -0.25) is 4.79 Å². The first-order valence-corrected chi connectivity index (χ1v) is 7.01. The SMILES string of the molecule is COc1cccc(N)c1C(=O)NCC1CCCN(C)C1. The molecule has 5 nitrogen and oxygen atoms in total. The average Bonchev–Trinajstić information content (AvgIpc) is 2.44. The third-order valence-corrected chi connectivity index (χ3v) is 3.78. The van der Waals surface area contributed by atoms with Crippen LogP contribution >= 0.6 is 0 Å². The Labute approximate surface area is 120 Å². The summed E-state index contributed by atoms with van der Waals surface area (Å²) in [5, 5.41) is 2.98. The third kappa shape index (κ3) is 3.42. The minimum Gasteiger partial charge on any atom is -0.496 e. The Morgan fingerprint density at radius 3 is 3.05 bits per heavy atom. The first-order chi connectivity index (χ1) is 9.61. The maximum atomic E-state index is 12.3. The molecule has 1 atom stereocenters. The summed E-state index contributed by atoms with van der Waals surface area (Å²) in [6.45, 7) is 2.85. The highest BCUT2D eigenvalue weighted by Gasteiger charge is 2.20. The van der Waals surface area contributed by atoms with E-state index in [0.717, 1.165) is 19.5 Å². The predicted molar refractivity (Wildman–Crippen MR) is 80.0 cm³/mol. The molecule has 1 unspecified atom stereocenters. The number of piperidine rings is 1. The Kier molecular flexibility index (Phi) is 4.84. The molecule has 0 spiro atoms. The topological polar surface area (TPSA) is 67.6 Å². The molecule has 5 heteroatoms. The fraction of sp³-hybridized carbons (Fsp3) is 0.533. The van der Waals surface area contributed by atoms with E-state index in [1.165, 1.54) is 6.42 Å². The van der Waals surface area contributed by atoms with E-state index in [4.69, 9.17) is 10.5 Å². The van der Waals surface area contributed by atoms with Gasteiger partial charge in [-0.25, -0.2) is 0 Å². The maximum Gasteiger partial charge on any atom is 0.257 e. The van der Waals surface area contributed by atoms with Crippen molar-refractivity contribution in [3.8, 4) is 5.75 Å². The number of methoxy groups -OCH3 is 1. The van der Waals surface area contributed by atoms with Crippen molar-refractivity contribution in [2.24, 2.45) is 5.92 Å². The van der Waals surface area contributed by atoms with Crippen molar-refractivity contribution in [1.29, 1.82) is 0 Å². The summed E-state index contributed by atoms with van der Waals surface area (Å²) >= 11 is 0. The van der Waals surface area contributed by atoms with Crippen molar-refractivity contribution >= 4 is 11.6 Å². The molecule has 1 aliphatic heterocycles. The van der Waals surface area contributed by atoms with Crippen LogP contribution in [0.2, 0.25) is 0 Å². The van der Waals surface area contributed by atoms with Gasteiger partial charge in [0.15, 0.2) is 0 Å². The minimum absolute atomic E-state index is 0.159. The summed E-state index contributed by atoms with van der Waals surface area (Å²) in [5.41, 5.74) is 6.76. The van der Waals surface area contributed by atoms with Crippen LogP contribution in [-0.4, -0.2) is 44.6 Å². The lowest BCUT2D eigenvalue weighted by molar-refractivity contribution is 0.0935. The van der Waals surface area contributed by atoms with Crippen LogP contribution in [0.4, 0.5) is 5.69 Å². The smallest absolute Gasteiger partial charge is 0.257 e. The molecule has 1 amide bonds. The van der Waals surface area contributed by atoms with Crippen molar-refractivity contribution in [2.45, 2.75) is 12.8 Å². The maximum absolute atomic E-state index is 12.3. The van der Waals surface area contributed by atoms with Gasteiger partial charge >= 0.3 is 0 Å². The van der Waals surface area contributed by atoms with Crippen molar-refractivity contribution in [3.05, 3.63) is 23.8 Å². The number of benzene rings is 1. The van der Waals surface area contributed by atoms with Crippen LogP contribution in [-0.2, 0) is 0 Å². The van der Waals surface area contributed by atoms with Crippen molar-refractivity contribution in [1.82, 2.24) is 10.2 Å². The molecule has 1 aliphatic rings. The molecular weight excluding hydrogens is 254 g/mol. The standard InChI is InChI=1S/C15H23N3O2/c1-18-8-4-5-11(10-18)9-17-15(19)14-12(16)6-3-7-13(14)20-2/h3,6-7,11H,4-5,8-10,16H2,1-2H3,(H,17,19). The van der Waals surface area contributed by atoms with E-state index in [-0.39, 0.29) is 5.91 Å². The second-order valence-corrected chi connectivity index (χ2v) is 5.41. The number of ether oxygens (including phenoxy) is 1. The molecule has 20 heavy (non-hydrogen) atoms. The van der Waals surface area contributed by atoms with Crippen LogP contribution in [0.1, 0.15) is 23.2 Å². The number of carbonyl (C=O) groups excluding carboxylic acids is 1. The molecule has 1 fully saturated rings. The van der Waals surface area contributed by atoms with Gasteiger partial charge in [0.25, 0.3) is 5.91 Å². The first-order valence-electron chi connectivity index (χ1n) is 7.01. The van der Waals surface area contributed by atoms with Crippen LogP contribution in [0, 0.1) is 5.92 Å². The Balaban J connectivity index is 1.98. The molecule has 0 bridgehead atoms. The van der Waals surface area contributed by atoms with Crippen molar-refractivity contribution < 1.29 is 9.53 Å². The van der Waals surface area contributed by atoms with E-state index in [0.29, 0.717) is 29.5 Å². The lowest BCUT2D eigenvalue weighted by atomic mass is 9.98. The first kappa shape index (κ1) is 14.7. The number of rotatable bonds is 4. The zero-order valence-corrected chi connectivity index (χ0v) is 12.2. The minimum atomic E-state index is -0.159. The molecule has 1 saturated heterocycles. The number of likely N-dealkylation sites (tertiary alicyclic amines) is 1. The van der Waals surface area contributed by atoms with Gasteiger partial charge in [0.1, 0.15) is 11.3 Å². The lowest BCUT2D eigenvalue weighted by Gasteiger charge is -2.29. The Bertz CT molecular complexity index is 476. The molecule has 0 saturated carbocycles. The number of hydrogen-bond donors (Lipinski definition) is 2. The number of hydrogen-bond acceptors (Lipinski definition) is 4. The molecule has 0 aliphatic carbocycles. The van der Waals surface area contributed by atoms with E-state index in [1.54, 1.807) is 25.3 Å². The molecule has 3 N–H and O–H groups in total. The van der Waals surface area contributed by atoms with Gasteiger partial charge in [-0.05, 0) is 44.5 Å². The summed E-state index contributed by atoms with van der Waals surface area (Å²) < 4.78 is 5.21. The highest BCUT2D eigenvalue weighted by molar-refractivity contribution is 6.01. The molecule has 0 aromatic heterocycles. The summed E-state index contributed by atoms with van der Waals surface area (Å²) in [6.07, 6.45) is 2.35. The highest BCUT2D eigenvalue weighted by atomic mass is 16.5. The normalized spacial score (nSPS) is 19.6. The molecule has 1 heterocycles.